The second-order valence-electron chi connectivity index (χ2n) is 3.38. The van der Waals surface area contributed by atoms with Crippen molar-refractivity contribution in [3.05, 3.63) is 27.0 Å². The molecule has 1 rings (SSSR count). The van der Waals surface area contributed by atoms with Gasteiger partial charge in [-0.3, -0.25) is 19.1 Å². The summed E-state index contributed by atoms with van der Waals surface area (Å²) in [6.45, 7) is 2.23. The summed E-state index contributed by atoms with van der Waals surface area (Å²) in [4.78, 5) is 37.3. The van der Waals surface area contributed by atoms with Gasteiger partial charge >= 0.3 is 5.69 Å². The van der Waals surface area contributed by atoms with Crippen molar-refractivity contribution >= 4 is 11.6 Å². The van der Waals surface area contributed by atoms with Crippen LogP contribution in [-0.4, -0.2) is 34.0 Å². The van der Waals surface area contributed by atoms with Crippen LogP contribution in [0.25, 0.3) is 0 Å². The van der Waals surface area contributed by atoms with Crippen LogP contribution >= 0.6 is 0 Å². The van der Waals surface area contributed by atoms with Gasteiger partial charge in [-0.05, 0) is 6.92 Å². The minimum atomic E-state index is -0.642. The summed E-state index contributed by atoms with van der Waals surface area (Å²) in [6.07, 6.45) is 1.17. The van der Waals surface area contributed by atoms with Gasteiger partial charge in [0.15, 0.2) is 0 Å². The summed E-state index contributed by atoms with van der Waals surface area (Å²) in [5, 5.41) is 0. The van der Waals surface area contributed by atoms with Gasteiger partial charge in [-0.25, -0.2) is 4.79 Å². The van der Waals surface area contributed by atoms with E-state index in [9.17, 15) is 14.4 Å². The molecule has 0 aromatic carbocycles. The maximum Gasteiger partial charge on any atom is 0.328 e. The standard InChI is InChI=1S/C9H14N4O3/c1-3-12(2)7(14)5-13-4-6(10)8(15)11-9(13)16/h4H,3,5,10H2,1-2H3,(H,11,15,16). The Bertz CT molecular complexity index is 502. The number of H-pyrrole nitrogens is 1. The predicted octanol–water partition coefficient (Wildman–Crippen LogP) is -1.40. The number of carbonyl (C=O) groups excluding carboxylic acids is 1. The number of nitrogens with two attached hydrogens (primary N) is 1. The fourth-order valence-corrected chi connectivity index (χ4v) is 1.09. The maximum absolute atomic E-state index is 11.5. The lowest BCUT2D eigenvalue weighted by atomic mass is 10.4. The summed E-state index contributed by atoms with van der Waals surface area (Å²) >= 11 is 0. The van der Waals surface area contributed by atoms with Gasteiger partial charge in [0.2, 0.25) is 5.91 Å². The van der Waals surface area contributed by atoms with E-state index in [1.54, 1.807) is 7.05 Å². The van der Waals surface area contributed by atoms with Crippen LogP contribution in [0.2, 0.25) is 0 Å². The zero-order valence-electron chi connectivity index (χ0n) is 9.19. The fourth-order valence-electron chi connectivity index (χ4n) is 1.09. The minimum absolute atomic E-state index is 0.0912. The Morgan fingerprint density at radius 2 is 2.19 bits per heavy atom. The smallest absolute Gasteiger partial charge is 0.328 e. The van der Waals surface area contributed by atoms with Gasteiger partial charge in [0.05, 0.1) is 0 Å². The number of hydrogen-bond donors (Lipinski definition) is 2. The number of aromatic amines is 1. The van der Waals surface area contributed by atoms with Crippen molar-refractivity contribution in [2.75, 3.05) is 19.3 Å². The maximum atomic E-state index is 11.5. The monoisotopic (exact) mass is 226 g/mol. The van der Waals surface area contributed by atoms with E-state index in [-0.39, 0.29) is 18.1 Å². The number of anilines is 1. The fraction of sp³-hybridized carbons (Fsp3) is 0.444. The molecule has 16 heavy (non-hydrogen) atoms. The SMILES string of the molecule is CCN(C)C(=O)Cn1cc(N)c(=O)[nH]c1=O. The lowest BCUT2D eigenvalue weighted by molar-refractivity contribution is -0.130. The number of amides is 1. The molecule has 0 saturated heterocycles. The third kappa shape index (κ3) is 2.50. The number of nitrogen functional groups attached to an aromatic ring is 1. The Morgan fingerprint density at radius 3 is 2.75 bits per heavy atom. The Labute approximate surface area is 91.5 Å². The molecule has 1 amide bonds. The van der Waals surface area contributed by atoms with Gasteiger partial charge in [-0.15, -0.1) is 0 Å². The molecule has 3 N–H and O–H groups in total. The van der Waals surface area contributed by atoms with Crippen LogP contribution in [0.3, 0.4) is 0 Å². The van der Waals surface area contributed by atoms with E-state index in [2.05, 4.69) is 0 Å². The van der Waals surface area contributed by atoms with Crippen LogP contribution in [0.4, 0.5) is 5.69 Å². The number of rotatable bonds is 3. The quantitative estimate of drug-likeness (QED) is 0.661. The average Bonchev–Trinajstić information content (AvgIpc) is 2.24. The van der Waals surface area contributed by atoms with E-state index in [1.807, 2.05) is 11.9 Å². The van der Waals surface area contributed by atoms with E-state index in [0.29, 0.717) is 6.54 Å². The van der Waals surface area contributed by atoms with Crippen LogP contribution in [-0.2, 0) is 11.3 Å². The molecule has 1 aromatic rings. The molecule has 0 fully saturated rings. The Hall–Kier alpha value is -2.05. The lowest BCUT2D eigenvalue weighted by Crippen LogP contribution is -2.37. The van der Waals surface area contributed by atoms with Crippen molar-refractivity contribution in [1.29, 1.82) is 0 Å². The lowest BCUT2D eigenvalue weighted by Gasteiger charge is -2.14. The third-order valence-corrected chi connectivity index (χ3v) is 2.24. The molecule has 0 spiro atoms. The van der Waals surface area contributed by atoms with Gasteiger partial charge in [0.25, 0.3) is 5.56 Å². The summed E-state index contributed by atoms with van der Waals surface area (Å²) in [5.41, 5.74) is 3.97. The van der Waals surface area contributed by atoms with Gasteiger partial charge in [-0.2, -0.15) is 0 Å². The van der Waals surface area contributed by atoms with Crippen LogP contribution in [0.15, 0.2) is 15.8 Å². The first-order chi connectivity index (χ1) is 7.45. The minimum Gasteiger partial charge on any atom is -0.393 e. The molecule has 0 aliphatic rings. The average molecular weight is 226 g/mol. The first-order valence-corrected chi connectivity index (χ1v) is 4.79. The normalized spacial score (nSPS) is 10.1. The second kappa shape index (κ2) is 4.65. The predicted molar refractivity (Wildman–Crippen MR) is 59.0 cm³/mol. The molecule has 0 atom stereocenters. The summed E-state index contributed by atoms with van der Waals surface area (Å²) < 4.78 is 1.07. The summed E-state index contributed by atoms with van der Waals surface area (Å²) in [6, 6.07) is 0. The van der Waals surface area contributed by atoms with Gasteiger partial charge in [0, 0.05) is 19.8 Å². The number of nitrogens with zero attached hydrogens (tertiary/aromatic N) is 2. The van der Waals surface area contributed by atoms with Crippen LogP contribution < -0.4 is 17.0 Å². The molecule has 88 valence electrons. The Kier molecular flexibility index (Phi) is 3.49. The molecule has 0 bridgehead atoms. The van der Waals surface area contributed by atoms with E-state index in [0.717, 1.165) is 4.57 Å². The highest BCUT2D eigenvalue weighted by atomic mass is 16.2. The zero-order valence-corrected chi connectivity index (χ0v) is 9.19. The molecule has 1 aromatic heterocycles. The van der Waals surface area contributed by atoms with E-state index >= 15 is 0 Å². The Morgan fingerprint density at radius 1 is 1.56 bits per heavy atom. The van der Waals surface area contributed by atoms with Crippen molar-refractivity contribution in [2.45, 2.75) is 13.5 Å². The highest BCUT2D eigenvalue weighted by molar-refractivity contribution is 5.75. The highest BCUT2D eigenvalue weighted by Crippen LogP contribution is 1.91. The summed E-state index contributed by atoms with van der Waals surface area (Å²) in [5.74, 6) is -0.226. The highest BCUT2D eigenvalue weighted by Gasteiger charge is 2.09. The van der Waals surface area contributed by atoms with E-state index in [1.165, 1.54) is 11.1 Å². The first kappa shape index (κ1) is 12.0. The van der Waals surface area contributed by atoms with Crippen molar-refractivity contribution in [2.24, 2.45) is 0 Å². The van der Waals surface area contributed by atoms with Crippen LogP contribution in [0.5, 0.6) is 0 Å². The van der Waals surface area contributed by atoms with Gasteiger partial charge < -0.3 is 10.6 Å². The van der Waals surface area contributed by atoms with Crippen LogP contribution in [0, 0.1) is 0 Å². The zero-order chi connectivity index (χ0) is 12.3. The van der Waals surface area contributed by atoms with E-state index in [4.69, 9.17) is 5.73 Å². The molecular weight excluding hydrogens is 212 g/mol. The molecule has 1 heterocycles. The molecule has 7 nitrogen and oxygen atoms in total. The van der Waals surface area contributed by atoms with Gasteiger partial charge in [-0.1, -0.05) is 0 Å². The molecule has 0 aliphatic heterocycles. The Balaban J connectivity index is 2.99. The van der Waals surface area contributed by atoms with Gasteiger partial charge in [0.1, 0.15) is 12.2 Å². The molecule has 7 heteroatoms. The van der Waals surface area contributed by atoms with Crippen molar-refractivity contribution < 1.29 is 4.79 Å². The van der Waals surface area contributed by atoms with Crippen molar-refractivity contribution in [1.82, 2.24) is 14.5 Å². The topological polar surface area (TPSA) is 101 Å². The first-order valence-electron chi connectivity index (χ1n) is 4.79. The number of hydrogen-bond acceptors (Lipinski definition) is 4. The second-order valence-corrected chi connectivity index (χ2v) is 3.38. The van der Waals surface area contributed by atoms with Crippen molar-refractivity contribution in [3.8, 4) is 0 Å². The third-order valence-electron chi connectivity index (χ3n) is 2.24. The molecular formula is C9H14N4O3. The number of likely N-dealkylation sites (N-methyl/N-ethyl adjacent to an activating group) is 1. The molecule has 0 aliphatic carbocycles. The summed E-state index contributed by atoms with van der Waals surface area (Å²) in [7, 11) is 1.63. The van der Waals surface area contributed by atoms with Crippen molar-refractivity contribution in [3.63, 3.8) is 0 Å². The number of carbonyl (C=O) groups is 1. The number of aromatic nitrogens is 2. The van der Waals surface area contributed by atoms with Crippen LogP contribution in [0.1, 0.15) is 6.92 Å². The van der Waals surface area contributed by atoms with E-state index < -0.39 is 11.2 Å². The number of nitrogens with one attached hydrogen (secondary N) is 1. The largest absolute Gasteiger partial charge is 0.393 e. The molecule has 0 saturated carbocycles. The molecule has 0 radical (unpaired) electrons. The molecule has 0 unspecified atom stereocenters.